The van der Waals surface area contributed by atoms with Crippen LogP contribution in [0, 0.1) is 11.8 Å². The van der Waals surface area contributed by atoms with Gasteiger partial charge < -0.3 is 4.74 Å². The van der Waals surface area contributed by atoms with E-state index in [4.69, 9.17) is 9.73 Å². The number of imide groups is 1. The van der Waals surface area contributed by atoms with Crippen LogP contribution in [0.1, 0.15) is 35.1 Å². The molecule has 4 aromatic rings. The molecule has 1 aliphatic heterocycles. The Morgan fingerprint density at radius 1 is 0.789 bits per heavy atom. The molecule has 2 bridgehead atoms. The number of carbonyl (C=O) groups is 2. The standard InChI is InChI=1S/C33H26N2O3/c1-2-38-27-19-11-10-18-26(27)35-31(36)29-28-22-14-6-8-16-24(22)33(30(29)32(35)37,25-17-9-7-15-23(25)28)20-34-21-12-4-3-5-13-21/h3-20,28-30H,2H2,1H3/t28?,29-,30-,33?/m1/s1. The van der Waals surface area contributed by atoms with Gasteiger partial charge in [0.05, 0.1) is 35.2 Å². The Hall–Kier alpha value is -4.51. The molecule has 2 atom stereocenters. The highest BCUT2D eigenvalue weighted by Crippen LogP contribution is 2.64. The van der Waals surface area contributed by atoms with Crippen LogP contribution >= 0.6 is 0 Å². The summed E-state index contributed by atoms with van der Waals surface area (Å²) < 4.78 is 5.85. The van der Waals surface area contributed by atoms with Crippen LogP contribution < -0.4 is 9.64 Å². The van der Waals surface area contributed by atoms with Crippen molar-refractivity contribution >= 4 is 29.4 Å². The lowest BCUT2D eigenvalue weighted by Gasteiger charge is -2.52. The fraction of sp³-hybridized carbons (Fsp3) is 0.182. The predicted molar refractivity (Wildman–Crippen MR) is 147 cm³/mol. The molecule has 0 saturated carbocycles. The van der Waals surface area contributed by atoms with E-state index in [2.05, 4.69) is 24.3 Å². The van der Waals surface area contributed by atoms with Gasteiger partial charge in [0, 0.05) is 12.1 Å². The average Bonchev–Trinajstić information content (AvgIpc) is 3.23. The lowest BCUT2D eigenvalue weighted by molar-refractivity contribution is -0.122. The fourth-order valence-corrected chi connectivity index (χ4v) is 6.90. The van der Waals surface area contributed by atoms with Crippen LogP contribution in [0.4, 0.5) is 11.4 Å². The summed E-state index contributed by atoms with van der Waals surface area (Å²) >= 11 is 0. The van der Waals surface area contributed by atoms with Crippen molar-refractivity contribution in [2.24, 2.45) is 16.8 Å². The second kappa shape index (κ2) is 8.52. The van der Waals surface area contributed by atoms with Crippen LogP contribution in [-0.2, 0) is 15.0 Å². The van der Waals surface area contributed by atoms with Crippen molar-refractivity contribution < 1.29 is 14.3 Å². The maximum atomic E-state index is 14.5. The Kier molecular flexibility index (Phi) is 5.08. The molecule has 38 heavy (non-hydrogen) atoms. The summed E-state index contributed by atoms with van der Waals surface area (Å²) in [6.45, 7) is 2.33. The monoisotopic (exact) mass is 498 g/mol. The summed E-state index contributed by atoms with van der Waals surface area (Å²) in [4.78, 5) is 35.2. The molecule has 0 N–H and O–H groups in total. The van der Waals surface area contributed by atoms with E-state index in [1.165, 1.54) is 4.90 Å². The number of nitrogens with zero attached hydrogens (tertiary/aromatic N) is 2. The normalized spacial score (nSPS) is 24.9. The highest BCUT2D eigenvalue weighted by atomic mass is 16.5. The van der Waals surface area contributed by atoms with Crippen LogP contribution in [0.25, 0.3) is 0 Å². The molecule has 5 nitrogen and oxygen atoms in total. The molecule has 4 aliphatic rings. The molecule has 4 aromatic carbocycles. The first-order valence-corrected chi connectivity index (χ1v) is 13.1. The Labute approximate surface area is 221 Å². The number of aliphatic imine (C=N–C) groups is 1. The molecular formula is C33H26N2O3. The molecule has 0 aromatic heterocycles. The zero-order chi connectivity index (χ0) is 25.9. The Morgan fingerprint density at radius 3 is 2.08 bits per heavy atom. The number of carbonyl (C=O) groups excluding carboxylic acids is 2. The van der Waals surface area contributed by atoms with E-state index in [-0.39, 0.29) is 17.7 Å². The van der Waals surface area contributed by atoms with Crippen molar-refractivity contribution in [2.75, 3.05) is 11.5 Å². The van der Waals surface area contributed by atoms with Crippen LogP contribution in [0.2, 0.25) is 0 Å². The van der Waals surface area contributed by atoms with Crippen molar-refractivity contribution in [3.05, 3.63) is 125 Å². The second-order valence-corrected chi connectivity index (χ2v) is 10.0. The summed E-state index contributed by atoms with van der Waals surface area (Å²) in [5, 5.41) is 0. The zero-order valence-electron chi connectivity index (χ0n) is 21.0. The second-order valence-electron chi connectivity index (χ2n) is 10.0. The van der Waals surface area contributed by atoms with E-state index in [1.807, 2.05) is 85.9 Å². The summed E-state index contributed by atoms with van der Waals surface area (Å²) in [6.07, 6.45) is 1.93. The van der Waals surface area contributed by atoms with Gasteiger partial charge in [-0.2, -0.15) is 0 Å². The molecule has 2 amide bonds. The molecule has 3 aliphatic carbocycles. The Morgan fingerprint density at radius 2 is 1.39 bits per heavy atom. The molecule has 1 heterocycles. The molecule has 0 unspecified atom stereocenters. The zero-order valence-corrected chi connectivity index (χ0v) is 21.0. The minimum atomic E-state index is -0.884. The molecule has 1 fully saturated rings. The highest BCUT2D eigenvalue weighted by molar-refractivity contribution is 6.25. The largest absolute Gasteiger partial charge is 0.492 e. The third-order valence-corrected chi connectivity index (χ3v) is 8.26. The molecule has 0 spiro atoms. The first-order valence-electron chi connectivity index (χ1n) is 13.1. The minimum absolute atomic E-state index is 0.182. The number of para-hydroxylation sites is 3. The van der Waals surface area contributed by atoms with Gasteiger partial charge in [0.15, 0.2) is 0 Å². The molecule has 0 radical (unpaired) electrons. The van der Waals surface area contributed by atoms with Gasteiger partial charge in [-0.15, -0.1) is 0 Å². The third kappa shape index (κ3) is 2.96. The van der Waals surface area contributed by atoms with Gasteiger partial charge in [-0.05, 0) is 53.4 Å². The molecule has 186 valence electrons. The fourth-order valence-electron chi connectivity index (χ4n) is 6.90. The number of anilines is 1. The molecule has 5 heteroatoms. The van der Waals surface area contributed by atoms with Crippen LogP contribution in [0.15, 0.2) is 108 Å². The van der Waals surface area contributed by atoms with E-state index in [0.29, 0.717) is 18.0 Å². The summed E-state index contributed by atoms with van der Waals surface area (Å²) in [5.41, 5.74) is 4.69. The number of rotatable bonds is 5. The number of amides is 2. The maximum Gasteiger partial charge on any atom is 0.239 e. The molecular weight excluding hydrogens is 472 g/mol. The van der Waals surface area contributed by atoms with Crippen LogP contribution in [-0.4, -0.2) is 24.6 Å². The van der Waals surface area contributed by atoms with Crippen molar-refractivity contribution in [1.82, 2.24) is 0 Å². The average molecular weight is 499 g/mol. The Bertz CT molecular complexity index is 1560. The van der Waals surface area contributed by atoms with E-state index in [0.717, 1.165) is 27.9 Å². The van der Waals surface area contributed by atoms with Gasteiger partial charge in [0.25, 0.3) is 0 Å². The van der Waals surface area contributed by atoms with Crippen molar-refractivity contribution in [1.29, 1.82) is 0 Å². The van der Waals surface area contributed by atoms with E-state index in [1.54, 1.807) is 6.07 Å². The topological polar surface area (TPSA) is 59.0 Å². The minimum Gasteiger partial charge on any atom is -0.492 e. The van der Waals surface area contributed by atoms with Gasteiger partial charge in [-0.3, -0.25) is 14.6 Å². The smallest absolute Gasteiger partial charge is 0.239 e. The number of ether oxygens (including phenoxy) is 1. The van der Waals surface area contributed by atoms with Crippen molar-refractivity contribution in [3.8, 4) is 5.75 Å². The molecule has 1 saturated heterocycles. The summed E-state index contributed by atoms with van der Waals surface area (Å²) in [7, 11) is 0. The number of hydrogen-bond donors (Lipinski definition) is 0. The van der Waals surface area contributed by atoms with E-state index < -0.39 is 17.3 Å². The third-order valence-electron chi connectivity index (χ3n) is 8.26. The first kappa shape index (κ1) is 22.7. The van der Waals surface area contributed by atoms with Crippen molar-refractivity contribution in [3.63, 3.8) is 0 Å². The van der Waals surface area contributed by atoms with Gasteiger partial charge >= 0.3 is 0 Å². The quantitative estimate of drug-likeness (QED) is 0.249. The number of benzene rings is 4. The van der Waals surface area contributed by atoms with Gasteiger partial charge in [0.2, 0.25) is 11.8 Å². The van der Waals surface area contributed by atoms with E-state index in [9.17, 15) is 9.59 Å². The van der Waals surface area contributed by atoms with Gasteiger partial charge in [-0.25, -0.2) is 4.90 Å². The summed E-state index contributed by atoms with van der Waals surface area (Å²) in [6, 6.07) is 33.5. The SMILES string of the molecule is CCOc1ccccc1N1C(=O)[C@@H]2C3c4ccccc4C(C=Nc4ccccc4)(c4ccccc43)[C@H]2C1=O. The predicted octanol–water partition coefficient (Wildman–Crippen LogP) is 6.04. The van der Waals surface area contributed by atoms with Gasteiger partial charge in [-0.1, -0.05) is 78.9 Å². The van der Waals surface area contributed by atoms with Crippen LogP contribution in [0.3, 0.4) is 0 Å². The first-order chi connectivity index (χ1) is 18.7. The van der Waals surface area contributed by atoms with Crippen LogP contribution in [0.5, 0.6) is 5.75 Å². The van der Waals surface area contributed by atoms with Gasteiger partial charge in [0.1, 0.15) is 5.75 Å². The summed E-state index contributed by atoms with van der Waals surface area (Å²) in [5.74, 6) is -1.22. The lowest BCUT2D eigenvalue weighted by Crippen LogP contribution is -2.54. The van der Waals surface area contributed by atoms with Crippen molar-refractivity contribution in [2.45, 2.75) is 18.3 Å². The van der Waals surface area contributed by atoms with E-state index >= 15 is 0 Å². The maximum absolute atomic E-state index is 14.5. The highest BCUT2D eigenvalue weighted by Gasteiger charge is 2.68. The lowest BCUT2D eigenvalue weighted by atomic mass is 9.47. The molecule has 8 rings (SSSR count). The number of hydrogen-bond acceptors (Lipinski definition) is 4. The Balaban J connectivity index is 1.50.